The number of rotatable bonds is 5. The Labute approximate surface area is 133 Å². The van der Waals surface area contributed by atoms with Gasteiger partial charge in [0.1, 0.15) is 5.75 Å². The SMILES string of the molecule is COc1ccc(C)cc1NC(=O)c1cccc(CS(C)=O)c1. The number of benzene rings is 2. The van der Waals surface area contributed by atoms with Crippen molar-refractivity contribution in [3.8, 4) is 5.75 Å². The third kappa shape index (κ3) is 4.18. The van der Waals surface area contributed by atoms with Crippen molar-refractivity contribution in [1.29, 1.82) is 0 Å². The first-order valence-electron chi connectivity index (χ1n) is 6.84. The molecule has 0 saturated heterocycles. The van der Waals surface area contributed by atoms with Crippen LogP contribution in [0.5, 0.6) is 5.75 Å². The highest BCUT2D eigenvalue weighted by molar-refractivity contribution is 7.83. The van der Waals surface area contributed by atoms with Gasteiger partial charge in [-0.05, 0) is 42.3 Å². The maximum Gasteiger partial charge on any atom is 0.255 e. The Kier molecular flexibility index (Phi) is 5.33. The highest BCUT2D eigenvalue weighted by Crippen LogP contribution is 2.25. The number of carbonyl (C=O) groups excluding carboxylic acids is 1. The van der Waals surface area contributed by atoms with Gasteiger partial charge in [-0.15, -0.1) is 0 Å². The van der Waals surface area contributed by atoms with Gasteiger partial charge in [-0.2, -0.15) is 0 Å². The van der Waals surface area contributed by atoms with Crippen LogP contribution in [0.1, 0.15) is 21.5 Å². The molecule has 0 heterocycles. The highest BCUT2D eigenvalue weighted by atomic mass is 32.2. The van der Waals surface area contributed by atoms with E-state index in [4.69, 9.17) is 4.74 Å². The van der Waals surface area contributed by atoms with Gasteiger partial charge in [0.25, 0.3) is 5.91 Å². The van der Waals surface area contributed by atoms with Crippen LogP contribution in [-0.2, 0) is 16.6 Å². The molecule has 0 spiro atoms. The van der Waals surface area contributed by atoms with Crippen molar-refractivity contribution in [2.75, 3.05) is 18.7 Å². The van der Waals surface area contributed by atoms with E-state index in [-0.39, 0.29) is 5.91 Å². The number of carbonyl (C=O) groups is 1. The number of nitrogens with one attached hydrogen (secondary N) is 1. The average molecular weight is 317 g/mol. The molecule has 5 heteroatoms. The number of hydrogen-bond donors (Lipinski definition) is 1. The van der Waals surface area contributed by atoms with Crippen molar-refractivity contribution in [2.45, 2.75) is 12.7 Å². The fourth-order valence-corrected chi connectivity index (χ4v) is 2.80. The summed E-state index contributed by atoms with van der Waals surface area (Å²) in [6, 6.07) is 12.8. The van der Waals surface area contributed by atoms with Crippen LogP contribution in [0, 0.1) is 6.92 Å². The zero-order valence-corrected chi connectivity index (χ0v) is 13.7. The normalized spacial score (nSPS) is 11.8. The van der Waals surface area contributed by atoms with Crippen molar-refractivity contribution < 1.29 is 13.7 Å². The molecule has 116 valence electrons. The summed E-state index contributed by atoms with van der Waals surface area (Å²) in [6.45, 7) is 1.95. The van der Waals surface area contributed by atoms with Crippen molar-refractivity contribution in [3.05, 3.63) is 59.2 Å². The molecule has 1 unspecified atom stereocenters. The quantitative estimate of drug-likeness (QED) is 0.922. The molecule has 0 aliphatic rings. The zero-order chi connectivity index (χ0) is 16.1. The van der Waals surface area contributed by atoms with Gasteiger partial charge in [-0.25, -0.2) is 0 Å². The number of methoxy groups -OCH3 is 1. The largest absolute Gasteiger partial charge is 0.495 e. The third-order valence-corrected chi connectivity index (χ3v) is 3.90. The van der Waals surface area contributed by atoms with E-state index in [0.29, 0.717) is 22.8 Å². The molecular weight excluding hydrogens is 298 g/mol. The molecule has 22 heavy (non-hydrogen) atoms. The van der Waals surface area contributed by atoms with Crippen molar-refractivity contribution in [3.63, 3.8) is 0 Å². The molecule has 0 fully saturated rings. The van der Waals surface area contributed by atoms with E-state index in [1.165, 1.54) is 0 Å². The van der Waals surface area contributed by atoms with Crippen molar-refractivity contribution in [1.82, 2.24) is 0 Å². The van der Waals surface area contributed by atoms with Crippen LogP contribution in [-0.4, -0.2) is 23.5 Å². The molecule has 0 saturated carbocycles. The van der Waals surface area contributed by atoms with E-state index >= 15 is 0 Å². The van der Waals surface area contributed by atoms with E-state index in [1.54, 1.807) is 31.6 Å². The Morgan fingerprint density at radius 3 is 2.68 bits per heavy atom. The van der Waals surface area contributed by atoms with E-state index in [1.807, 2.05) is 31.2 Å². The Hall–Kier alpha value is -2.14. The van der Waals surface area contributed by atoms with Crippen LogP contribution in [0.4, 0.5) is 5.69 Å². The standard InChI is InChI=1S/C17H19NO3S/c1-12-7-8-16(21-2)15(9-12)18-17(19)14-6-4-5-13(10-14)11-22(3)20/h4-10H,11H2,1-3H3,(H,18,19). The lowest BCUT2D eigenvalue weighted by atomic mass is 10.1. The maximum atomic E-state index is 12.4. The molecule has 0 radical (unpaired) electrons. The maximum absolute atomic E-state index is 12.4. The molecule has 1 N–H and O–H groups in total. The fraction of sp³-hybridized carbons (Fsp3) is 0.235. The van der Waals surface area contributed by atoms with Crippen LogP contribution >= 0.6 is 0 Å². The Bertz CT molecular complexity index is 713. The fourth-order valence-electron chi connectivity index (χ4n) is 2.15. The zero-order valence-electron chi connectivity index (χ0n) is 12.9. The summed E-state index contributed by atoms with van der Waals surface area (Å²) in [5.74, 6) is 0.840. The van der Waals surface area contributed by atoms with E-state index in [2.05, 4.69) is 5.32 Å². The van der Waals surface area contributed by atoms with Gasteiger partial charge < -0.3 is 10.1 Å². The third-order valence-electron chi connectivity index (χ3n) is 3.16. The van der Waals surface area contributed by atoms with Gasteiger partial charge in [0, 0.05) is 28.4 Å². The Morgan fingerprint density at radius 2 is 2.00 bits per heavy atom. The predicted molar refractivity (Wildman–Crippen MR) is 89.9 cm³/mol. The predicted octanol–water partition coefficient (Wildman–Crippen LogP) is 3.13. The number of anilines is 1. The molecule has 1 atom stereocenters. The second kappa shape index (κ2) is 7.22. The van der Waals surface area contributed by atoms with Gasteiger partial charge in [-0.3, -0.25) is 9.00 Å². The summed E-state index contributed by atoms with van der Waals surface area (Å²) in [6.07, 6.45) is 1.64. The minimum absolute atomic E-state index is 0.215. The van der Waals surface area contributed by atoms with Crippen LogP contribution in [0.2, 0.25) is 0 Å². The van der Waals surface area contributed by atoms with E-state index in [9.17, 15) is 9.00 Å². The Morgan fingerprint density at radius 1 is 1.23 bits per heavy atom. The molecule has 0 aliphatic carbocycles. The molecule has 2 aromatic rings. The first kappa shape index (κ1) is 16.2. The smallest absolute Gasteiger partial charge is 0.255 e. The van der Waals surface area contributed by atoms with Crippen molar-refractivity contribution >= 4 is 22.4 Å². The van der Waals surface area contributed by atoms with Gasteiger partial charge in [0.05, 0.1) is 12.8 Å². The van der Waals surface area contributed by atoms with Gasteiger partial charge >= 0.3 is 0 Å². The number of amides is 1. The summed E-state index contributed by atoms with van der Waals surface area (Å²) in [4.78, 5) is 12.4. The lowest BCUT2D eigenvalue weighted by Gasteiger charge is -2.11. The average Bonchev–Trinajstić information content (AvgIpc) is 2.47. The lowest BCUT2D eigenvalue weighted by Crippen LogP contribution is -2.13. The molecule has 0 aromatic heterocycles. The molecule has 0 bridgehead atoms. The Balaban J connectivity index is 2.22. The second-order valence-electron chi connectivity index (χ2n) is 5.08. The van der Waals surface area contributed by atoms with E-state index in [0.717, 1.165) is 11.1 Å². The summed E-state index contributed by atoms with van der Waals surface area (Å²) in [7, 11) is 0.631. The number of ether oxygens (including phenoxy) is 1. The molecule has 1 amide bonds. The molecule has 2 aromatic carbocycles. The van der Waals surface area contributed by atoms with Crippen molar-refractivity contribution in [2.24, 2.45) is 0 Å². The number of aryl methyl sites for hydroxylation is 1. The van der Waals surface area contributed by atoms with Gasteiger partial charge in [0.2, 0.25) is 0 Å². The first-order chi connectivity index (χ1) is 10.5. The highest BCUT2D eigenvalue weighted by Gasteiger charge is 2.11. The van der Waals surface area contributed by atoms with Gasteiger partial charge in [-0.1, -0.05) is 18.2 Å². The summed E-state index contributed by atoms with van der Waals surface area (Å²) in [5, 5.41) is 2.86. The number of hydrogen-bond acceptors (Lipinski definition) is 3. The molecule has 2 rings (SSSR count). The molecule has 4 nitrogen and oxygen atoms in total. The minimum Gasteiger partial charge on any atom is -0.495 e. The lowest BCUT2D eigenvalue weighted by molar-refractivity contribution is 0.102. The van der Waals surface area contributed by atoms with Crippen LogP contribution in [0.15, 0.2) is 42.5 Å². The van der Waals surface area contributed by atoms with Gasteiger partial charge in [0.15, 0.2) is 0 Å². The topological polar surface area (TPSA) is 55.4 Å². The minimum atomic E-state index is -0.936. The summed E-state index contributed by atoms with van der Waals surface area (Å²) >= 11 is 0. The molecule has 0 aliphatic heterocycles. The van der Waals surface area contributed by atoms with Crippen LogP contribution in [0.25, 0.3) is 0 Å². The summed E-state index contributed by atoms with van der Waals surface area (Å²) in [5.41, 5.74) is 3.08. The summed E-state index contributed by atoms with van der Waals surface area (Å²) < 4.78 is 16.6. The molecular formula is C17H19NO3S. The van der Waals surface area contributed by atoms with Crippen LogP contribution in [0.3, 0.4) is 0 Å². The monoisotopic (exact) mass is 317 g/mol. The second-order valence-corrected chi connectivity index (χ2v) is 6.51. The first-order valence-corrected chi connectivity index (χ1v) is 8.57. The van der Waals surface area contributed by atoms with E-state index < -0.39 is 10.8 Å². The van der Waals surface area contributed by atoms with Crippen LogP contribution < -0.4 is 10.1 Å².